The highest BCUT2D eigenvalue weighted by Gasteiger charge is 2.30. The van der Waals surface area contributed by atoms with Crippen molar-refractivity contribution < 1.29 is 9.47 Å². The summed E-state index contributed by atoms with van der Waals surface area (Å²) in [6, 6.07) is 8.32. The third kappa shape index (κ3) is 3.54. The minimum atomic E-state index is 0.204. The van der Waals surface area contributed by atoms with Gasteiger partial charge in [0, 0.05) is 37.2 Å². The number of halogens is 1. The van der Waals surface area contributed by atoms with Gasteiger partial charge in [0.05, 0.1) is 12.7 Å². The van der Waals surface area contributed by atoms with Crippen molar-refractivity contribution in [2.75, 3.05) is 33.4 Å². The summed E-state index contributed by atoms with van der Waals surface area (Å²) < 4.78 is 12.1. The molecule has 0 amide bonds. The maximum absolute atomic E-state index is 5.89. The molecule has 18 heavy (non-hydrogen) atoms. The molecule has 0 bridgehead atoms. The smallest absolute Gasteiger partial charge is 0.0876 e. The van der Waals surface area contributed by atoms with Crippen LogP contribution in [0.5, 0.6) is 0 Å². The van der Waals surface area contributed by atoms with Gasteiger partial charge in [-0.15, -0.1) is 0 Å². The lowest BCUT2D eigenvalue weighted by atomic mass is 9.95. The highest BCUT2D eigenvalue weighted by atomic mass is 79.9. The van der Waals surface area contributed by atoms with E-state index >= 15 is 0 Å². The van der Waals surface area contributed by atoms with E-state index < -0.39 is 0 Å². The minimum absolute atomic E-state index is 0.204. The molecule has 2 atom stereocenters. The Hall–Kier alpha value is -0.420. The van der Waals surface area contributed by atoms with E-state index in [2.05, 4.69) is 39.4 Å². The zero-order valence-electron chi connectivity index (χ0n) is 10.7. The Morgan fingerprint density at radius 2 is 2.28 bits per heavy atom. The number of methoxy groups -OCH3 is 1. The average Bonchev–Trinajstić information content (AvgIpc) is 2.83. The summed E-state index contributed by atoms with van der Waals surface area (Å²) in [6.45, 7) is 3.49. The van der Waals surface area contributed by atoms with Crippen molar-refractivity contribution in [3.63, 3.8) is 0 Å². The van der Waals surface area contributed by atoms with Gasteiger partial charge in [0.25, 0.3) is 0 Å². The van der Waals surface area contributed by atoms with Crippen LogP contribution >= 0.6 is 15.9 Å². The van der Waals surface area contributed by atoms with E-state index in [0.717, 1.165) is 37.2 Å². The Balaban J connectivity index is 1.93. The number of hydrogen-bond acceptors (Lipinski definition) is 3. The van der Waals surface area contributed by atoms with Gasteiger partial charge in [-0.25, -0.2) is 0 Å². The Morgan fingerprint density at radius 3 is 3.06 bits per heavy atom. The highest BCUT2D eigenvalue weighted by molar-refractivity contribution is 9.10. The lowest BCUT2D eigenvalue weighted by Crippen LogP contribution is -2.27. The van der Waals surface area contributed by atoms with E-state index in [0.29, 0.717) is 5.92 Å². The molecule has 1 fully saturated rings. The molecule has 1 N–H and O–H groups in total. The SMILES string of the molecule is COCCNCC1CCOC1c1ccccc1Br. The molecule has 1 saturated heterocycles. The first-order chi connectivity index (χ1) is 8.83. The molecular formula is C14H20BrNO2. The molecule has 0 radical (unpaired) electrons. The number of benzene rings is 1. The van der Waals surface area contributed by atoms with Crippen LogP contribution in [0, 0.1) is 5.92 Å². The van der Waals surface area contributed by atoms with Crippen molar-refractivity contribution in [1.82, 2.24) is 5.32 Å². The summed E-state index contributed by atoms with van der Waals surface area (Å²) in [6.07, 6.45) is 1.32. The van der Waals surface area contributed by atoms with Crippen LogP contribution in [0.1, 0.15) is 18.1 Å². The molecule has 2 rings (SSSR count). The summed E-state index contributed by atoms with van der Waals surface area (Å²) >= 11 is 3.61. The maximum Gasteiger partial charge on any atom is 0.0876 e. The fourth-order valence-electron chi connectivity index (χ4n) is 2.35. The zero-order valence-corrected chi connectivity index (χ0v) is 12.3. The number of nitrogens with one attached hydrogen (secondary N) is 1. The van der Waals surface area contributed by atoms with E-state index in [1.807, 2.05) is 6.07 Å². The monoisotopic (exact) mass is 313 g/mol. The Kier molecular flexibility index (Phi) is 5.63. The van der Waals surface area contributed by atoms with Crippen molar-refractivity contribution in [3.05, 3.63) is 34.3 Å². The van der Waals surface area contributed by atoms with Crippen molar-refractivity contribution in [2.24, 2.45) is 5.92 Å². The molecule has 1 aliphatic rings. The van der Waals surface area contributed by atoms with E-state index in [1.54, 1.807) is 7.11 Å². The molecule has 100 valence electrons. The van der Waals surface area contributed by atoms with Gasteiger partial charge in [-0.05, 0) is 18.1 Å². The van der Waals surface area contributed by atoms with Crippen LogP contribution in [-0.2, 0) is 9.47 Å². The van der Waals surface area contributed by atoms with Gasteiger partial charge in [0.2, 0.25) is 0 Å². The van der Waals surface area contributed by atoms with Crippen LogP contribution in [0.3, 0.4) is 0 Å². The first-order valence-corrected chi connectivity index (χ1v) is 7.18. The van der Waals surface area contributed by atoms with Crippen LogP contribution in [-0.4, -0.2) is 33.4 Å². The van der Waals surface area contributed by atoms with Crippen molar-refractivity contribution in [3.8, 4) is 0 Å². The van der Waals surface area contributed by atoms with Crippen LogP contribution in [0.25, 0.3) is 0 Å². The number of hydrogen-bond donors (Lipinski definition) is 1. The summed E-state index contributed by atoms with van der Waals surface area (Å²) in [5.41, 5.74) is 1.26. The van der Waals surface area contributed by atoms with E-state index in [9.17, 15) is 0 Å². The summed E-state index contributed by atoms with van der Waals surface area (Å²) in [7, 11) is 1.73. The number of ether oxygens (including phenoxy) is 2. The van der Waals surface area contributed by atoms with Gasteiger partial charge in [-0.2, -0.15) is 0 Å². The Morgan fingerprint density at radius 1 is 1.44 bits per heavy atom. The lowest BCUT2D eigenvalue weighted by molar-refractivity contribution is 0.0893. The van der Waals surface area contributed by atoms with Crippen LogP contribution < -0.4 is 5.32 Å². The third-order valence-electron chi connectivity index (χ3n) is 3.32. The molecule has 4 heteroatoms. The summed E-state index contributed by atoms with van der Waals surface area (Å²) in [4.78, 5) is 0. The largest absolute Gasteiger partial charge is 0.383 e. The fourth-order valence-corrected chi connectivity index (χ4v) is 2.86. The van der Waals surface area contributed by atoms with Gasteiger partial charge in [0.1, 0.15) is 0 Å². The molecule has 1 aromatic carbocycles. The summed E-state index contributed by atoms with van der Waals surface area (Å²) in [5, 5.41) is 3.43. The first-order valence-electron chi connectivity index (χ1n) is 6.38. The van der Waals surface area contributed by atoms with Gasteiger partial charge < -0.3 is 14.8 Å². The molecular weight excluding hydrogens is 294 g/mol. The zero-order chi connectivity index (χ0) is 12.8. The Bertz CT molecular complexity index is 373. The normalized spacial score (nSPS) is 23.4. The molecule has 3 nitrogen and oxygen atoms in total. The lowest BCUT2D eigenvalue weighted by Gasteiger charge is -2.20. The standard InChI is InChI=1S/C14H20BrNO2/c1-17-9-7-16-10-11-6-8-18-14(11)12-4-2-3-5-13(12)15/h2-5,11,14,16H,6-10H2,1H3. The molecule has 0 spiro atoms. The topological polar surface area (TPSA) is 30.5 Å². The molecule has 2 unspecified atom stereocenters. The minimum Gasteiger partial charge on any atom is -0.383 e. The van der Waals surface area contributed by atoms with E-state index in [1.165, 1.54) is 5.56 Å². The van der Waals surface area contributed by atoms with Crippen molar-refractivity contribution in [1.29, 1.82) is 0 Å². The van der Waals surface area contributed by atoms with Gasteiger partial charge in [0.15, 0.2) is 0 Å². The predicted molar refractivity (Wildman–Crippen MR) is 75.7 cm³/mol. The van der Waals surface area contributed by atoms with Crippen LogP contribution in [0.15, 0.2) is 28.7 Å². The predicted octanol–water partition coefficient (Wildman–Crippen LogP) is 2.76. The van der Waals surface area contributed by atoms with Crippen molar-refractivity contribution >= 4 is 15.9 Å². The fraction of sp³-hybridized carbons (Fsp3) is 0.571. The Labute approximate surface area is 117 Å². The molecule has 1 heterocycles. The second-order valence-corrected chi connectivity index (χ2v) is 5.41. The molecule has 0 aliphatic carbocycles. The second kappa shape index (κ2) is 7.24. The van der Waals surface area contributed by atoms with Gasteiger partial charge in [-0.3, -0.25) is 0 Å². The first kappa shape index (κ1) is 14.0. The summed E-state index contributed by atoms with van der Waals surface area (Å²) in [5.74, 6) is 0.542. The molecule has 1 aromatic rings. The average molecular weight is 314 g/mol. The van der Waals surface area contributed by atoms with Gasteiger partial charge >= 0.3 is 0 Å². The van der Waals surface area contributed by atoms with E-state index in [-0.39, 0.29) is 6.10 Å². The van der Waals surface area contributed by atoms with Crippen molar-refractivity contribution in [2.45, 2.75) is 12.5 Å². The second-order valence-electron chi connectivity index (χ2n) is 4.56. The van der Waals surface area contributed by atoms with Crippen LogP contribution in [0.2, 0.25) is 0 Å². The van der Waals surface area contributed by atoms with Gasteiger partial charge in [-0.1, -0.05) is 34.1 Å². The maximum atomic E-state index is 5.89. The molecule has 0 aromatic heterocycles. The third-order valence-corrected chi connectivity index (χ3v) is 4.04. The number of rotatable bonds is 6. The quantitative estimate of drug-likeness (QED) is 0.819. The van der Waals surface area contributed by atoms with E-state index in [4.69, 9.17) is 9.47 Å². The highest BCUT2D eigenvalue weighted by Crippen LogP contribution is 2.37. The van der Waals surface area contributed by atoms with Crippen LogP contribution in [0.4, 0.5) is 0 Å². The molecule has 1 aliphatic heterocycles. The molecule has 0 saturated carbocycles.